The van der Waals surface area contributed by atoms with Gasteiger partial charge in [-0.2, -0.15) is 0 Å². The van der Waals surface area contributed by atoms with E-state index in [2.05, 4.69) is 41.6 Å². The molecular formula is C20H29IN4OS. The first kappa shape index (κ1) is 23.4. The minimum atomic E-state index is 0. The molecule has 5 nitrogen and oxygen atoms in total. The number of thiophene rings is 1. The van der Waals surface area contributed by atoms with Gasteiger partial charge in [0, 0.05) is 42.5 Å². The molecule has 0 aliphatic carbocycles. The van der Waals surface area contributed by atoms with Gasteiger partial charge in [0.25, 0.3) is 5.91 Å². The molecule has 0 atom stereocenters. The highest BCUT2D eigenvalue weighted by Crippen LogP contribution is 2.15. The van der Waals surface area contributed by atoms with Gasteiger partial charge >= 0.3 is 0 Å². The molecule has 0 radical (unpaired) electrons. The van der Waals surface area contributed by atoms with Crippen molar-refractivity contribution in [2.45, 2.75) is 26.8 Å². The molecule has 0 aliphatic rings. The Kier molecular flexibility index (Phi) is 10.4. The van der Waals surface area contributed by atoms with Crippen molar-refractivity contribution >= 4 is 47.2 Å². The third-order valence-electron chi connectivity index (χ3n) is 3.82. The number of nitrogens with zero attached hydrogens (tertiary/aromatic N) is 2. The van der Waals surface area contributed by atoms with Gasteiger partial charge < -0.3 is 15.5 Å². The zero-order valence-corrected chi connectivity index (χ0v) is 19.6. The lowest BCUT2D eigenvalue weighted by Crippen LogP contribution is -2.38. The van der Waals surface area contributed by atoms with Crippen molar-refractivity contribution in [3.63, 3.8) is 0 Å². The smallest absolute Gasteiger partial charge is 0.253 e. The van der Waals surface area contributed by atoms with Crippen molar-refractivity contribution < 1.29 is 4.79 Å². The maximum absolute atomic E-state index is 12.1. The molecule has 0 unspecified atom stereocenters. The highest BCUT2D eigenvalue weighted by Gasteiger charge is 2.08. The fourth-order valence-corrected chi connectivity index (χ4v) is 3.33. The number of amides is 1. The fourth-order valence-electron chi connectivity index (χ4n) is 2.51. The molecule has 0 saturated heterocycles. The van der Waals surface area contributed by atoms with Gasteiger partial charge in [-0.15, -0.1) is 35.3 Å². The van der Waals surface area contributed by atoms with E-state index in [0.29, 0.717) is 6.54 Å². The second kappa shape index (κ2) is 12.0. The van der Waals surface area contributed by atoms with Crippen LogP contribution in [0.1, 0.15) is 32.6 Å². The first-order valence-corrected chi connectivity index (χ1v) is 9.69. The van der Waals surface area contributed by atoms with Gasteiger partial charge in [0.15, 0.2) is 5.96 Å². The fraction of sp³-hybridized carbons (Fsp3) is 0.400. The number of carbonyl (C=O) groups is 1. The average Bonchev–Trinajstić information content (AvgIpc) is 3.04. The van der Waals surface area contributed by atoms with Crippen LogP contribution in [0.4, 0.5) is 0 Å². The maximum atomic E-state index is 12.1. The van der Waals surface area contributed by atoms with E-state index in [9.17, 15) is 4.79 Å². The van der Waals surface area contributed by atoms with Crippen LogP contribution in [0.5, 0.6) is 0 Å². The van der Waals surface area contributed by atoms with Gasteiger partial charge in [0.1, 0.15) is 0 Å². The molecule has 2 rings (SSSR count). The van der Waals surface area contributed by atoms with Crippen molar-refractivity contribution in [1.82, 2.24) is 15.5 Å². The molecular weight excluding hydrogens is 471 g/mol. The van der Waals surface area contributed by atoms with Crippen molar-refractivity contribution in [2.24, 2.45) is 4.99 Å². The number of aliphatic imine (C=N–C) groups is 1. The van der Waals surface area contributed by atoms with Crippen LogP contribution in [0.25, 0.3) is 0 Å². The number of hydrogen-bond donors (Lipinski definition) is 2. The monoisotopic (exact) mass is 500 g/mol. The first-order chi connectivity index (χ1) is 12.5. The van der Waals surface area contributed by atoms with Crippen LogP contribution in [0.2, 0.25) is 0 Å². The summed E-state index contributed by atoms with van der Waals surface area (Å²) in [5.41, 5.74) is 1.86. The van der Waals surface area contributed by atoms with Crippen LogP contribution < -0.4 is 10.6 Å². The number of rotatable bonds is 7. The largest absolute Gasteiger partial charge is 0.357 e. The Morgan fingerprint density at radius 1 is 1.19 bits per heavy atom. The van der Waals surface area contributed by atoms with Crippen LogP contribution in [-0.2, 0) is 13.0 Å². The van der Waals surface area contributed by atoms with E-state index in [1.54, 1.807) is 30.3 Å². The molecule has 0 spiro atoms. The van der Waals surface area contributed by atoms with Crippen LogP contribution >= 0.6 is 35.3 Å². The molecule has 1 aromatic heterocycles. The van der Waals surface area contributed by atoms with E-state index >= 15 is 0 Å². The van der Waals surface area contributed by atoms with Gasteiger partial charge in [-0.3, -0.25) is 4.79 Å². The van der Waals surface area contributed by atoms with Crippen molar-refractivity contribution in [3.8, 4) is 0 Å². The molecule has 1 heterocycles. The Labute approximate surface area is 183 Å². The van der Waals surface area contributed by atoms with E-state index in [0.717, 1.165) is 36.6 Å². The van der Waals surface area contributed by atoms with Gasteiger partial charge in [0.05, 0.1) is 6.54 Å². The SMILES string of the molecule is CCNC(=NCc1ccc(C)s1)NCCc1cccc(C(=O)N(C)C)c1.I. The summed E-state index contributed by atoms with van der Waals surface area (Å²) in [6.45, 7) is 6.43. The zero-order valence-electron chi connectivity index (χ0n) is 16.4. The molecule has 0 bridgehead atoms. The third-order valence-corrected chi connectivity index (χ3v) is 4.80. The maximum Gasteiger partial charge on any atom is 0.253 e. The number of guanidine groups is 1. The molecule has 7 heteroatoms. The lowest BCUT2D eigenvalue weighted by atomic mass is 10.1. The second-order valence-electron chi connectivity index (χ2n) is 6.28. The Bertz CT molecular complexity index is 758. The standard InChI is InChI=1S/C20H28N4OS.HI/c1-5-21-20(23-14-18-10-9-15(2)26-18)22-12-11-16-7-6-8-17(13-16)19(25)24(3)4;/h6-10,13H,5,11-12,14H2,1-4H3,(H2,21,22,23);1H. The molecule has 2 aromatic rings. The minimum Gasteiger partial charge on any atom is -0.357 e. The quantitative estimate of drug-likeness (QED) is 0.347. The molecule has 0 saturated carbocycles. The Morgan fingerprint density at radius 3 is 2.59 bits per heavy atom. The molecule has 1 aromatic carbocycles. The number of nitrogens with one attached hydrogen (secondary N) is 2. The molecule has 0 fully saturated rings. The number of benzene rings is 1. The summed E-state index contributed by atoms with van der Waals surface area (Å²) >= 11 is 1.78. The number of aryl methyl sites for hydroxylation is 1. The molecule has 2 N–H and O–H groups in total. The van der Waals surface area contributed by atoms with Gasteiger partial charge in [-0.05, 0) is 50.1 Å². The van der Waals surface area contributed by atoms with Crippen molar-refractivity contribution in [2.75, 3.05) is 27.2 Å². The summed E-state index contributed by atoms with van der Waals surface area (Å²) in [6.07, 6.45) is 0.830. The Hall–Kier alpha value is -1.61. The lowest BCUT2D eigenvalue weighted by Gasteiger charge is -2.13. The van der Waals surface area contributed by atoms with Crippen LogP contribution in [-0.4, -0.2) is 44.0 Å². The average molecular weight is 500 g/mol. The van der Waals surface area contributed by atoms with Crippen molar-refractivity contribution in [3.05, 3.63) is 57.3 Å². The molecule has 27 heavy (non-hydrogen) atoms. The number of halogens is 1. The first-order valence-electron chi connectivity index (χ1n) is 8.87. The number of hydrogen-bond acceptors (Lipinski definition) is 3. The highest BCUT2D eigenvalue weighted by atomic mass is 127. The lowest BCUT2D eigenvalue weighted by molar-refractivity contribution is 0.0827. The zero-order chi connectivity index (χ0) is 18.9. The normalized spacial score (nSPS) is 10.9. The molecule has 1 amide bonds. The third kappa shape index (κ3) is 7.88. The van der Waals surface area contributed by atoms with E-state index in [-0.39, 0.29) is 29.9 Å². The van der Waals surface area contributed by atoms with Crippen LogP contribution in [0.3, 0.4) is 0 Å². The predicted molar refractivity (Wildman–Crippen MR) is 125 cm³/mol. The van der Waals surface area contributed by atoms with E-state index in [4.69, 9.17) is 0 Å². The molecule has 148 valence electrons. The van der Waals surface area contributed by atoms with Gasteiger partial charge in [-0.1, -0.05) is 12.1 Å². The molecule has 0 aliphatic heterocycles. The number of carbonyl (C=O) groups excluding carboxylic acids is 1. The Morgan fingerprint density at radius 2 is 1.96 bits per heavy atom. The predicted octanol–water partition coefficient (Wildman–Crippen LogP) is 3.67. The van der Waals surface area contributed by atoms with Gasteiger partial charge in [0.2, 0.25) is 0 Å². The van der Waals surface area contributed by atoms with E-state index < -0.39 is 0 Å². The summed E-state index contributed by atoms with van der Waals surface area (Å²) < 4.78 is 0. The topological polar surface area (TPSA) is 56.7 Å². The van der Waals surface area contributed by atoms with E-state index in [1.165, 1.54) is 9.75 Å². The second-order valence-corrected chi connectivity index (χ2v) is 7.66. The Balaban J connectivity index is 0.00000364. The van der Waals surface area contributed by atoms with Crippen LogP contribution in [0, 0.1) is 6.92 Å². The van der Waals surface area contributed by atoms with Crippen molar-refractivity contribution in [1.29, 1.82) is 0 Å². The summed E-state index contributed by atoms with van der Waals surface area (Å²) in [6, 6.07) is 12.0. The summed E-state index contributed by atoms with van der Waals surface area (Å²) in [7, 11) is 3.54. The van der Waals surface area contributed by atoms with Crippen LogP contribution in [0.15, 0.2) is 41.4 Å². The summed E-state index contributed by atoms with van der Waals surface area (Å²) in [4.78, 5) is 20.9. The van der Waals surface area contributed by atoms with Gasteiger partial charge in [-0.25, -0.2) is 4.99 Å². The highest BCUT2D eigenvalue weighted by molar-refractivity contribution is 14.0. The van der Waals surface area contributed by atoms with E-state index in [1.807, 2.05) is 24.3 Å². The summed E-state index contributed by atoms with van der Waals surface area (Å²) in [5.74, 6) is 0.847. The summed E-state index contributed by atoms with van der Waals surface area (Å²) in [5, 5.41) is 6.64. The minimum absolute atomic E-state index is 0.